The maximum Gasteiger partial charge on any atom is 0.101 e. The molecule has 0 saturated heterocycles. The zero-order chi connectivity index (χ0) is 20.6. The summed E-state index contributed by atoms with van der Waals surface area (Å²) in [4.78, 5) is 5.11. The van der Waals surface area contributed by atoms with E-state index in [-0.39, 0.29) is 0 Å². The molecule has 0 N–H and O–H groups in total. The topological polar surface area (TPSA) is 6.48 Å². The highest BCUT2D eigenvalue weighted by atomic mass is 15.4. The summed E-state index contributed by atoms with van der Waals surface area (Å²) in [6, 6.07) is 10.9. The first-order chi connectivity index (χ1) is 14.3. The van der Waals surface area contributed by atoms with E-state index in [2.05, 4.69) is 66.4 Å². The van der Waals surface area contributed by atoms with Gasteiger partial charge in [-0.1, -0.05) is 121 Å². The molecule has 1 atom stereocenters. The Labute approximate surface area is 181 Å². The molecule has 2 nitrogen and oxygen atoms in total. The van der Waals surface area contributed by atoms with E-state index in [9.17, 15) is 0 Å². The molecule has 0 fully saturated rings. The van der Waals surface area contributed by atoms with E-state index in [0.29, 0.717) is 6.17 Å². The number of benzene rings is 1. The van der Waals surface area contributed by atoms with Crippen molar-refractivity contribution in [2.45, 2.75) is 116 Å². The molecule has 1 heterocycles. The van der Waals surface area contributed by atoms with Crippen molar-refractivity contribution in [2.75, 3.05) is 6.54 Å². The zero-order valence-electron chi connectivity index (χ0n) is 19.3. The van der Waals surface area contributed by atoms with E-state index in [0.717, 1.165) is 6.54 Å². The average molecular weight is 399 g/mol. The van der Waals surface area contributed by atoms with Crippen molar-refractivity contribution in [1.29, 1.82) is 0 Å². The van der Waals surface area contributed by atoms with Gasteiger partial charge >= 0.3 is 0 Å². The van der Waals surface area contributed by atoms with Crippen LogP contribution >= 0.6 is 0 Å². The first-order valence-corrected chi connectivity index (χ1v) is 12.6. The Morgan fingerprint density at radius 2 is 1.17 bits per heavy atom. The third kappa shape index (κ3) is 9.74. The molecule has 2 heteroatoms. The first kappa shape index (κ1) is 23.8. The maximum absolute atomic E-state index is 2.59. The predicted molar refractivity (Wildman–Crippen MR) is 128 cm³/mol. The molecule has 29 heavy (non-hydrogen) atoms. The Morgan fingerprint density at radius 3 is 1.76 bits per heavy atom. The first-order valence-electron chi connectivity index (χ1n) is 12.6. The summed E-state index contributed by atoms with van der Waals surface area (Å²) in [6.45, 7) is 6.84. The van der Waals surface area contributed by atoms with Crippen LogP contribution in [-0.2, 0) is 6.54 Å². The minimum Gasteiger partial charge on any atom is -0.356 e. The van der Waals surface area contributed by atoms with Crippen molar-refractivity contribution in [1.82, 2.24) is 9.80 Å². The molecule has 1 aromatic carbocycles. The summed E-state index contributed by atoms with van der Waals surface area (Å²) in [5.41, 5.74) is 1.41. The van der Waals surface area contributed by atoms with Gasteiger partial charge in [-0.05, 0) is 18.4 Å². The van der Waals surface area contributed by atoms with Crippen molar-refractivity contribution in [3.8, 4) is 0 Å². The molecular formula is C27H46N2. The Balaban J connectivity index is 1.53. The lowest BCUT2D eigenvalue weighted by atomic mass is 10.1. The van der Waals surface area contributed by atoms with Gasteiger partial charge in [0.25, 0.3) is 0 Å². The highest BCUT2D eigenvalue weighted by Gasteiger charge is 2.24. The molecule has 2 rings (SSSR count). The van der Waals surface area contributed by atoms with Gasteiger partial charge in [-0.3, -0.25) is 0 Å². The molecule has 1 unspecified atom stereocenters. The lowest BCUT2D eigenvalue weighted by Crippen LogP contribution is -2.38. The summed E-state index contributed by atoms with van der Waals surface area (Å²) in [5.74, 6) is 0. The normalized spacial score (nSPS) is 16.1. The van der Waals surface area contributed by atoms with Crippen molar-refractivity contribution in [3.05, 3.63) is 48.3 Å². The highest BCUT2D eigenvalue weighted by molar-refractivity contribution is 5.15. The van der Waals surface area contributed by atoms with Gasteiger partial charge in [0.15, 0.2) is 0 Å². The molecule has 1 aliphatic rings. The minimum atomic E-state index is 0.549. The molecule has 0 saturated carbocycles. The molecule has 1 aromatic rings. The number of nitrogens with zero attached hydrogens (tertiary/aromatic N) is 2. The van der Waals surface area contributed by atoms with Crippen LogP contribution in [0.2, 0.25) is 0 Å². The van der Waals surface area contributed by atoms with Crippen LogP contribution in [0.3, 0.4) is 0 Å². The molecule has 1 aliphatic heterocycles. The molecule has 0 aliphatic carbocycles. The van der Waals surface area contributed by atoms with Crippen LogP contribution in [0.25, 0.3) is 0 Å². The largest absolute Gasteiger partial charge is 0.356 e. The fourth-order valence-electron chi connectivity index (χ4n) is 4.46. The summed E-state index contributed by atoms with van der Waals surface area (Å²) >= 11 is 0. The average Bonchev–Trinajstić information content (AvgIpc) is 3.11. The maximum atomic E-state index is 2.59. The SMILES string of the molecule is CCCCCCCCCCCCCCN1C=CN(Cc2ccccc2)C1CCC. The van der Waals surface area contributed by atoms with Crippen molar-refractivity contribution >= 4 is 0 Å². The van der Waals surface area contributed by atoms with Gasteiger partial charge in [0.2, 0.25) is 0 Å². The van der Waals surface area contributed by atoms with Gasteiger partial charge in [0.05, 0.1) is 0 Å². The van der Waals surface area contributed by atoms with Gasteiger partial charge in [-0.2, -0.15) is 0 Å². The standard InChI is InChI=1S/C27H46N2/c1-3-5-6-7-8-9-10-11-12-13-14-18-22-28-23-24-29(27(28)19-4-2)25-26-20-16-15-17-21-26/h15-17,20-21,23-24,27H,3-14,18-19,22,25H2,1-2H3. The van der Waals surface area contributed by atoms with E-state index >= 15 is 0 Å². The van der Waals surface area contributed by atoms with Crippen LogP contribution in [0.4, 0.5) is 0 Å². The van der Waals surface area contributed by atoms with E-state index in [1.165, 1.54) is 102 Å². The third-order valence-corrected chi connectivity index (χ3v) is 6.24. The Kier molecular flexibility index (Phi) is 12.7. The molecule has 0 amide bonds. The van der Waals surface area contributed by atoms with Crippen LogP contribution in [-0.4, -0.2) is 22.5 Å². The van der Waals surface area contributed by atoms with Gasteiger partial charge in [0, 0.05) is 25.5 Å². The van der Waals surface area contributed by atoms with Gasteiger partial charge in [-0.15, -0.1) is 0 Å². The quantitative estimate of drug-likeness (QED) is 0.244. The van der Waals surface area contributed by atoms with Gasteiger partial charge in [-0.25, -0.2) is 0 Å². The van der Waals surface area contributed by atoms with Gasteiger partial charge in [0.1, 0.15) is 6.17 Å². The summed E-state index contributed by atoms with van der Waals surface area (Å²) in [7, 11) is 0. The van der Waals surface area contributed by atoms with E-state index < -0.39 is 0 Å². The van der Waals surface area contributed by atoms with Crippen LogP contribution in [0.5, 0.6) is 0 Å². The Hall–Kier alpha value is -1.44. The highest BCUT2D eigenvalue weighted by Crippen LogP contribution is 2.23. The van der Waals surface area contributed by atoms with Crippen LogP contribution < -0.4 is 0 Å². The Morgan fingerprint density at radius 1 is 0.621 bits per heavy atom. The fourth-order valence-corrected chi connectivity index (χ4v) is 4.46. The second-order valence-corrected chi connectivity index (χ2v) is 8.85. The lowest BCUT2D eigenvalue weighted by Gasteiger charge is -2.33. The van der Waals surface area contributed by atoms with Crippen molar-refractivity contribution < 1.29 is 0 Å². The third-order valence-electron chi connectivity index (χ3n) is 6.24. The Bertz CT molecular complexity index is 525. The molecule has 164 valence electrons. The van der Waals surface area contributed by atoms with Crippen molar-refractivity contribution in [2.24, 2.45) is 0 Å². The van der Waals surface area contributed by atoms with E-state index in [1.54, 1.807) is 0 Å². The number of hydrogen-bond acceptors (Lipinski definition) is 2. The number of unbranched alkanes of at least 4 members (excludes halogenated alkanes) is 11. The predicted octanol–water partition coefficient (Wildman–Crippen LogP) is 8.10. The van der Waals surface area contributed by atoms with E-state index in [1.807, 2.05) is 0 Å². The summed E-state index contributed by atoms with van der Waals surface area (Å²) in [5, 5.41) is 0. The van der Waals surface area contributed by atoms with Crippen molar-refractivity contribution in [3.63, 3.8) is 0 Å². The summed E-state index contributed by atoms with van der Waals surface area (Å²) < 4.78 is 0. The smallest absolute Gasteiger partial charge is 0.101 e. The summed E-state index contributed by atoms with van der Waals surface area (Å²) in [6.07, 6.45) is 24.8. The minimum absolute atomic E-state index is 0.549. The van der Waals surface area contributed by atoms with Crippen LogP contribution in [0.1, 0.15) is 109 Å². The molecule has 0 aromatic heterocycles. The monoisotopic (exact) mass is 398 g/mol. The van der Waals surface area contributed by atoms with Crippen LogP contribution in [0.15, 0.2) is 42.7 Å². The number of rotatable bonds is 17. The zero-order valence-corrected chi connectivity index (χ0v) is 19.3. The molecular weight excluding hydrogens is 352 g/mol. The molecule has 0 spiro atoms. The molecule has 0 radical (unpaired) electrons. The van der Waals surface area contributed by atoms with E-state index in [4.69, 9.17) is 0 Å². The number of hydrogen-bond donors (Lipinski definition) is 0. The molecule has 0 bridgehead atoms. The fraction of sp³-hybridized carbons (Fsp3) is 0.704. The second kappa shape index (κ2) is 15.4. The second-order valence-electron chi connectivity index (χ2n) is 8.85. The lowest BCUT2D eigenvalue weighted by molar-refractivity contribution is 0.134. The van der Waals surface area contributed by atoms with Gasteiger partial charge < -0.3 is 9.80 Å². The van der Waals surface area contributed by atoms with Crippen LogP contribution in [0, 0.1) is 0 Å².